The number of nitrogens with one attached hydrogen (secondary N) is 1. The maximum Gasteiger partial charge on any atom is 0.322 e. The van der Waals surface area contributed by atoms with Gasteiger partial charge in [0, 0.05) is 26.8 Å². The predicted octanol–water partition coefficient (Wildman–Crippen LogP) is 7.32. The van der Waals surface area contributed by atoms with Crippen molar-refractivity contribution in [2.24, 2.45) is 0 Å². The largest absolute Gasteiger partial charge is 0.322 e. The number of rotatable bonds is 2. The summed E-state index contributed by atoms with van der Waals surface area (Å²) in [5.41, 5.74) is 5.83. The van der Waals surface area contributed by atoms with Gasteiger partial charge in [-0.05, 0) is 73.2 Å². The van der Waals surface area contributed by atoms with Crippen LogP contribution in [0.3, 0.4) is 0 Å². The van der Waals surface area contributed by atoms with Gasteiger partial charge in [0.25, 0.3) is 0 Å². The van der Waals surface area contributed by atoms with Gasteiger partial charge in [-0.1, -0.05) is 46.3 Å². The smallest absolute Gasteiger partial charge is 0.310 e. The third-order valence-corrected chi connectivity index (χ3v) is 8.51. The predicted molar refractivity (Wildman–Crippen MR) is 137 cm³/mol. The van der Waals surface area contributed by atoms with Crippen molar-refractivity contribution in [1.29, 1.82) is 0 Å². The molecule has 6 heteroatoms. The number of aromatic nitrogens is 1. The van der Waals surface area contributed by atoms with Gasteiger partial charge in [0.1, 0.15) is 5.00 Å². The van der Waals surface area contributed by atoms with E-state index in [-0.39, 0.29) is 12.1 Å². The summed E-state index contributed by atoms with van der Waals surface area (Å²) in [4.78, 5) is 17.3. The second-order valence-corrected chi connectivity index (χ2v) is 10.7. The van der Waals surface area contributed by atoms with E-state index in [9.17, 15) is 4.79 Å². The maximum absolute atomic E-state index is 13.8. The minimum Gasteiger partial charge on any atom is -0.310 e. The van der Waals surface area contributed by atoms with E-state index in [0.717, 1.165) is 34.3 Å². The summed E-state index contributed by atoms with van der Waals surface area (Å²) in [7, 11) is 0. The van der Waals surface area contributed by atoms with E-state index in [1.165, 1.54) is 33.8 Å². The summed E-state index contributed by atoms with van der Waals surface area (Å²) in [6.07, 6.45) is 6.89. The number of hydrogen-bond acceptors (Lipinski definition) is 2. The summed E-state index contributed by atoms with van der Waals surface area (Å²) in [6.45, 7) is 0.602. The van der Waals surface area contributed by atoms with Gasteiger partial charge in [0.05, 0.1) is 18.3 Å². The Morgan fingerprint density at radius 1 is 0.939 bits per heavy atom. The van der Waals surface area contributed by atoms with Crippen LogP contribution in [-0.2, 0) is 19.4 Å². The van der Waals surface area contributed by atoms with Gasteiger partial charge in [0.15, 0.2) is 0 Å². The lowest BCUT2D eigenvalue weighted by molar-refractivity contribution is 0.194. The Morgan fingerprint density at radius 2 is 1.73 bits per heavy atom. The Kier molecular flexibility index (Phi) is 5.35. The zero-order valence-corrected chi connectivity index (χ0v) is 20.5. The fourth-order valence-corrected chi connectivity index (χ4v) is 6.77. The number of aryl methyl sites for hydroxylation is 1. The Labute approximate surface area is 206 Å². The number of thiophene rings is 1. The van der Waals surface area contributed by atoms with Crippen LogP contribution in [0, 0.1) is 0 Å². The summed E-state index contributed by atoms with van der Waals surface area (Å²) in [5.74, 6) is 0. The molecular weight excluding hydrogens is 494 g/mol. The standard InChI is InChI=1S/C27H24BrN3OS/c28-19-12-14-20(15-13-19)29-27(32)31-17-22-21-9-4-5-11-24(21)33-26(22)30-16-6-10-23(30)25(31)18-7-2-1-3-8-18/h1-3,6-8,10,12-16,25H,4-5,9,11,17H2,(H,29,32)/t25-/m1/s1. The van der Waals surface area contributed by atoms with Gasteiger partial charge in [-0.2, -0.15) is 0 Å². The molecular formula is C27H24BrN3OS. The molecule has 33 heavy (non-hydrogen) atoms. The number of fused-ring (bicyclic) bond motifs is 5. The maximum atomic E-state index is 13.8. The topological polar surface area (TPSA) is 37.3 Å². The number of amides is 2. The fraction of sp³-hybridized carbons (Fsp3) is 0.222. The van der Waals surface area contributed by atoms with Crippen molar-refractivity contribution in [2.75, 3.05) is 5.32 Å². The first-order valence-electron chi connectivity index (χ1n) is 11.4. The number of anilines is 1. The van der Waals surface area contributed by atoms with E-state index >= 15 is 0 Å². The summed E-state index contributed by atoms with van der Waals surface area (Å²) < 4.78 is 3.31. The molecule has 1 atom stereocenters. The molecule has 2 aromatic carbocycles. The number of benzene rings is 2. The van der Waals surface area contributed by atoms with Crippen LogP contribution in [-0.4, -0.2) is 15.5 Å². The van der Waals surface area contributed by atoms with Gasteiger partial charge in [0.2, 0.25) is 0 Å². The summed E-state index contributed by atoms with van der Waals surface area (Å²) >= 11 is 5.39. The molecule has 1 N–H and O–H groups in total. The average Bonchev–Trinajstić information content (AvgIpc) is 3.43. The fourth-order valence-electron chi connectivity index (χ4n) is 5.10. The van der Waals surface area contributed by atoms with Gasteiger partial charge >= 0.3 is 6.03 Å². The van der Waals surface area contributed by atoms with Crippen molar-refractivity contribution in [2.45, 2.75) is 38.3 Å². The van der Waals surface area contributed by atoms with E-state index in [1.807, 2.05) is 46.6 Å². The molecule has 4 nitrogen and oxygen atoms in total. The molecule has 3 heterocycles. The van der Waals surface area contributed by atoms with E-state index in [0.29, 0.717) is 6.54 Å². The molecule has 2 aliphatic rings. The lowest BCUT2D eigenvalue weighted by atomic mass is 9.95. The van der Waals surface area contributed by atoms with Crippen molar-refractivity contribution in [3.63, 3.8) is 0 Å². The lowest BCUT2D eigenvalue weighted by Crippen LogP contribution is -2.38. The number of carbonyl (C=O) groups is 1. The molecule has 1 aliphatic carbocycles. The molecule has 4 aromatic rings. The Hall–Kier alpha value is -2.83. The van der Waals surface area contributed by atoms with E-state index in [2.05, 4.69) is 68.4 Å². The number of nitrogens with zero attached hydrogens (tertiary/aromatic N) is 2. The van der Waals surface area contributed by atoms with Crippen molar-refractivity contribution >= 4 is 39.0 Å². The van der Waals surface area contributed by atoms with E-state index in [1.54, 1.807) is 0 Å². The lowest BCUT2D eigenvalue weighted by Gasteiger charge is -2.31. The van der Waals surface area contributed by atoms with E-state index in [4.69, 9.17) is 0 Å². The number of hydrogen-bond donors (Lipinski definition) is 1. The molecule has 0 bridgehead atoms. The van der Waals surface area contributed by atoms with Crippen LogP contribution < -0.4 is 5.32 Å². The third kappa shape index (κ3) is 3.71. The highest BCUT2D eigenvalue weighted by Gasteiger charge is 2.36. The van der Waals surface area contributed by atoms with Gasteiger partial charge < -0.3 is 14.8 Å². The van der Waals surface area contributed by atoms with Gasteiger partial charge in [-0.25, -0.2) is 4.79 Å². The molecule has 0 fully saturated rings. The number of halogens is 1. The van der Waals surface area contributed by atoms with Crippen molar-refractivity contribution in [3.8, 4) is 5.00 Å². The first-order valence-corrected chi connectivity index (χ1v) is 13.0. The van der Waals surface area contributed by atoms with Crippen LogP contribution in [0.4, 0.5) is 10.5 Å². The van der Waals surface area contributed by atoms with Crippen LogP contribution in [0.15, 0.2) is 77.4 Å². The van der Waals surface area contributed by atoms with E-state index < -0.39 is 0 Å². The quantitative estimate of drug-likeness (QED) is 0.297. The van der Waals surface area contributed by atoms with Crippen LogP contribution in [0.1, 0.15) is 46.1 Å². The van der Waals surface area contributed by atoms with Crippen LogP contribution in [0.25, 0.3) is 5.00 Å². The minimum atomic E-state index is -0.171. The normalized spacial score (nSPS) is 17.0. The van der Waals surface area contributed by atoms with Crippen LogP contribution in [0.2, 0.25) is 0 Å². The minimum absolute atomic E-state index is 0.0810. The third-order valence-electron chi connectivity index (χ3n) is 6.65. The number of carbonyl (C=O) groups excluding carboxylic acids is 1. The highest BCUT2D eigenvalue weighted by molar-refractivity contribution is 9.10. The Balaban J connectivity index is 1.49. The Morgan fingerprint density at radius 3 is 2.55 bits per heavy atom. The first kappa shape index (κ1) is 20.8. The summed E-state index contributed by atoms with van der Waals surface area (Å²) in [5, 5.41) is 4.43. The van der Waals surface area contributed by atoms with Crippen molar-refractivity contribution < 1.29 is 4.79 Å². The monoisotopic (exact) mass is 517 g/mol. The zero-order chi connectivity index (χ0) is 22.4. The SMILES string of the molecule is O=C(Nc1ccc(Br)cc1)N1Cc2c(sc3c2CCCC3)-n2cccc2[C@H]1c1ccccc1. The van der Waals surface area contributed by atoms with Crippen molar-refractivity contribution in [3.05, 3.63) is 105 Å². The summed E-state index contributed by atoms with van der Waals surface area (Å²) in [6, 6.07) is 22.1. The van der Waals surface area contributed by atoms with Gasteiger partial charge in [-0.3, -0.25) is 0 Å². The molecule has 0 saturated carbocycles. The highest BCUT2D eigenvalue weighted by Crippen LogP contribution is 2.44. The zero-order valence-electron chi connectivity index (χ0n) is 18.1. The molecule has 166 valence electrons. The highest BCUT2D eigenvalue weighted by atomic mass is 79.9. The Bertz CT molecular complexity index is 1310. The van der Waals surface area contributed by atoms with Crippen molar-refractivity contribution in [1.82, 2.24) is 9.47 Å². The second kappa shape index (κ2) is 8.50. The first-order chi connectivity index (χ1) is 16.2. The molecule has 6 rings (SSSR count). The number of urea groups is 1. The van der Waals surface area contributed by atoms with Crippen LogP contribution in [0.5, 0.6) is 0 Å². The average molecular weight is 518 g/mol. The second-order valence-electron chi connectivity index (χ2n) is 8.68. The molecule has 0 unspecified atom stereocenters. The molecule has 1 aliphatic heterocycles. The molecule has 0 saturated heterocycles. The van der Waals surface area contributed by atoms with Crippen LogP contribution >= 0.6 is 27.3 Å². The molecule has 0 spiro atoms. The molecule has 0 radical (unpaired) electrons. The van der Waals surface area contributed by atoms with Gasteiger partial charge in [-0.15, -0.1) is 11.3 Å². The molecule has 2 aromatic heterocycles. The molecule has 2 amide bonds.